The van der Waals surface area contributed by atoms with E-state index in [0.29, 0.717) is 24.0 Å². The normalized spacial score (nSPS) is 11.1. The maximum Gasteiger partial charge on any atom is 0.266 e. The molecule has 0 fully saturated rings. The average Bonchev–Trinajstić information content (AvgIpc) is 3.13. The molecule has 6 nitrogen and oxygen atoms in total. The summed E-state index contributed by atoms with van der Waals surface area (Å²) in [5.74, 6) is 1.30. The monoisotopic (exact) mass is 491 g/mol. The van der Waals surface area contributed by atoms with E-state index in [-0.39, 0.29) is 12.5 Å². The fraction of sp³-hybridized carbons (Fsp3) is 0.364. The Morgan fingerprint density at radius 2 is 1.77 bits per heavy atom. The topological polar surface area (TPSA) is 54.9 Å². The Bertz CT molecular complexity index is 975. The van der Waals surface area contributed by atoms with Crippen molar-refractivity contribution in [1.82, 2.24) is 9.88 Å². The molecule has 160 valence electrons. The second kappa shape index (κ2) is 10.7. The van der Waals surface area contributed by atoms with E-state index >= 15 is 0 Å². The van der Waals surface area contributed by atoms with Gasteiger partial charge in [-0.25, -0.2) is 4.98 Å². The Kier molecular flexibility index (Phi) is 8.07. The number of thiazole rings is 1. The lowest BCUT2D eigenvalue weighted by molar-refractivity contribution is -0.120. The number of hydrogen-bond donors (Lipinski definition) is 0. The van der Waals surface area contributed by atoms with Crippen molar-refractivity contribution in [2.24, 2.45) is 0 Å². The molecule has 0 unspecified atom stereocenters. The largest absolute Gasteiger partial charge is 0.494 e. The molecule has 1 aromatic heterocycles. The summed E-state index contributed by atoms with van der Waals surface area (Å²) in [6.07, 6.45) is 0.849. The van der Waals surface area contributed by atoms with Gasteiger partial charge in [0.05, 0.1) is 16.8 Å². The second-order valence-corrected chi connectivity index (χ2v) is 8.93. The number of nitrogens with zero attached hydrogens (tertiary/aromatic N) is 3. The van der Waals surface area contributed by atoms with E-state index in [0.717, 1.165) is 33.4 Å². The molecule has 1 heterocycles. The number of aromatic nitrogens is 1. The predicted molar refractivity (Wildman–Crippen MR) is 126 cm³/mol. The van der Waals surface area contributed by atoms with Crippen LogP contribution in [0.1, 0.15) is 13.3 Å². The minimum Gasteiger partial charge on any atom is -0.494 e. The van der Waals surface area contributed by atoms with E-state index in [1.54, 1.807) is 4.90 Å². The van der Waals surface area contributed by atoms with Crippen molar-refractivity contribution < 1.29 is 14.3 Å². The van der Waals surface area contributed by atoms with Crippen LogP contribution in [0, 0.1) is 0 Å². The lowest BCUT2D eigenvalue weighted by Gasteiger charge is -2.21. The van der Waals surface area contributed by atoms with Gasteiger partial charge in [0.25, 0.3) is 5.91 Å². The number of carbonyl (C=O) groups is 1. The van der Waals surface area contributed by atoms with Crippen LogP contribution in [0.5, 0.6) is 11.5 Å². The third kappa shape index (κ3) is 6.17. The van der Waals surface area contributed by atoms with Crippen molar-refractivity contribution >= 4 is 48.5 Å². The zero-order valence-electron chi connectivity index (χ0n) is 17.4. The molecule has 30 heavy (non-hydrogen) atoms. The highest BCUT2D eigenvalue weighted by Crippen LogP contribution is 2.31. The standard InChI is InChI=1S/C22H26BrN3O3S/c1-4-28-17-7-9-18(10-8-17)29-15-21(27)26(13-5-12-25(2)3)22-24-19-11-6-16(23)14-20(19)30-22/h6-11,14H,4-5,12-13,15H2,1-3H3. The van der Waals surface area contributed by atoms with Crippen molar-refractivity contribution in [1.29, 1.82) is 0 Å². The first-order chi connectivity index (χ1) is 14.5. The van der Waals surface area contributed by atoms with Gasteiger partial charge in [-0.3, -0.25) is 9.69 Å². The molecule has 0 atom stereocenters. The van der Waals surface area contributed by atoms with E-state index in [1.165, 1.54) is 11.3 Å². The van der Waals surface area contributed by atoms with Crippen molar-refractivity contribution in [3.8, 4) is 11.5 Å². The van der Waals surface area contributed by atoms with Gasteiger partial charge in [0.1, 0.15) is 11.5 Å². The molecule has 2 aromatic carbocycles. The molecule has 1 amide bonds. The van der Waals surface area contributed by atoms with E-state index in [2.05, 4.69) is 25.8 Å². The van der Waals surface area contributed by atoms with Crippen LogP contribution in [0.4, 0.5) is 5.13 Å². The zero-order valence-corrected chi connectivity index (χ0v) is 19.8. The van der Waals surface area contributed by atoms with E-state index < -0.39 is 0 Å². The minimum absolute atomic E-state index is 0.0461. The van der Waals surface area contributed by atoms with Crippen LogP contribution in [0.2, 0.25) is 0 Å². The molecule has 8 heteroatoms. The number of halogens is 1. The molecular weight excluding hydrogens is 466 g/mol. The third-order valence-corrected chi connectivity index (χ3v) is 5.89. The van der Waals surface area contributed by atoms with Gasteiger partial charge < -0.3 is 14.4 Å². The molecule has 0 bridgehead atoms. The Labute approximate surface area is 189 Å². The molecule has 0 N–H and O–H groups in total. The molecule has 0 saturated carbocycles. The molecule has 0 aliphatic rings. The first-order valence-corrected chi connectivity index (χ1v) is 11.4. The van der Waals surface area contributed by atoms with E-state index in [4.69, 9.17) is 9.47 Å². The molecule has 0 aliphatic carbocycles. The van der Waals surface area contributed by atoms with Crippen molar-refractivity contribution in [2.75, 3.05) is 45.3 Å². The molecule has 0 saturated heterocycles. The van der Waals surface area contributed by atoms with Crippen LogP contribution in [-0.4, -0.2) is 56.2 Å². The first-order valence-electron chi connectivity index (χ1n) is 9.83. The van der Waals surface area contributed by atoms with Crippen molar-refractivity contribution in [2.45, 2.75) is 13.3 Å². The van der Waals surface area contributed by atoms with Crippen LogP contribution >= 0.6 is 27.3 Å². The summed E-state index contributed by atoms with van der Waals surface area (Å²) >= 11 is 5.01. The predicted octanol–water partition coefficient (Wildman–Crippen LogP) is 4.82. The number of ether oxygens (including phenoxy) is 2. The number of anilines is 1. The molecule has 0 spiro atoms. The number of carbonyl (C=O) groups excluding carboxylic acids is 1. The maximum absolute atomic E-state index is 13.0. The number of hydrogen-bond acceptors (Lipinski definition) is 6. The third-order valence-electron chi connectivity index (χ3n) is 4.36. The van der Waals surface area contributed by atoms with Gasteiger partial charge in [-0.15, -0.1) is 0 Å². The Morgan fingerprint density at radius 1 is 1.07 bits per heavy atom. The van der Waals surface area contributed by atoms with Gasteiger partial charge >= 0.3 is 0 Å². The number of amides is 1. The van der Waals surface area contributed by atoms with E-state index in [9.17, 15) is 4.79 Å². The number of rotatable bonds is 10. The highest BCUT2D eigenvalue weighted by molar-refractivity contribution is 9.10. The highest BCUT2D eigenvalue weighted by atomic mass is 79.9. The molecule has 0 aliphatic heterocycles. The van der Waals surface area contributed by atoms with Gasteiger partial charge in [-0.05, 0) is 76.4 Å². The Balaban J connectivity index is 1.72. The molecule has 3 rings (SSSR count). The van der Waals surface area contributed by atoms with Crippen LogP contribution < -0.4 is 14.4 Å². The summed E-state index contributed by atoms with van der Waals surface area (Å²) in [7, 11) is 4.05. The van der Waals surface area contributed by atoms with Crippen LogP contribution in [-0.2, 0) is 4.79 Å². The van der Waals surface area contributed by atoms with Gasteiger partial charge in [0.15, 0.2) is 11.7 Å². The molecular formula is C22H26BrN3O3S. The maximum atomic E-state index is 13.0. The van der Waals surface area contributed by atoms with Crippen molar-refractivity contribution in [3.63, 3.8) is 0 Å². The zero-order chi connectivity index (χ0) is 21.5. The molecule has 3 aromatic rings. The summed E-state index contributed by atoms with van der Waals surface area (Å²) in [5.41, 5.74) is 0.885. The molecule has 0 radical (unpaired) electrons. The lowest BCUT2D eigenvalue weighted by Crippen LogP contribution is -2.36. The fourth-order valence-corrected chi connectivity index (χ4v) is 4.46. The van der Waals surface area contributed by atoms with Crippen molar-refractivity contribution in [3.05, 3.63) is 46.9 Å². The number of benzene rings is 2. The Hall–Kier alpha value is -2.16. The number of fused-ring (bicyclic) bond motifs is 1. The summed E-state index contributed by atoms with van der Waals surface area (Å²) in [5, 5.41) is 0.696. The average molecular weight is 492 g/mol. The van der Waals surface area contributed by atoms with Gasteiger partial charge in [0, 0.05) is 11.0 Å². The SMILES string of the molecule is CCOc1ccc(OCC(=O)N(CCCN(C)C)c2nc3ccc(Br)cc3s2)cc1. The first kappa shape index (κ1) is 22.5. The van der Waals surface area contributed by atoms with Crippen LogP contribution in [0.15, 0.2) is 46.9 Å². The minimum atomic E-state index is -0.110. The lowest BCUT2D eigenvalue weighted by atomic mass is 10.3. The highest BCUT2D eigenvalue weighted by Gasteiger charge is 2.20. The summed E-state index contributed by atoms with van der Waals surface area (Å²) in [6, 6.07) is 13.2. The summed E-state index contributed by atoms with van der Waals surface area (Å²) < 4.78 is 13.2. The van der Waals surface area contributed by atoms with Crippen LogP contribution in [0.25, 0.3) is 10.2 Å². The van der Waals surface area contributed by atoms with Crippen LogP contribution in [0.3, 0.4) is 0 Å². The summed E-state index contributed by atoms with van der Waals surface area (Å²) in [6.45, 7) is 3.98. The van der Waals surface area contributed by atoms with Gasteiger partial charge in [-0.1, -0.05) is 27.3 Å². The smallest absolute Gasteiger partial charge is 0.266 e. The fourth-order valence-electron chi connectivity index (χ4n) is 2.90. The Morgan fingerprint density at radius 3 is 2.43 bits per heavy atom. The van der Waals surface area contributed by atoms with E-state index in [1.807, 2.05) is 63.5 Å². The second-order valence-electron chi connectivity index (χ2n) is 7.00. The van der Waals surface area contributed by atoms with Gasteiger partial charge in [-0.2, -0.15) is 0 Å². The van der Waals surface area contributed by atoms with Gasteiger partial charge in [0.2, 0.25) is 0 Å². The quantitative estimate of drug-likeness (QED) is 0.406. The summed E-state index contributed by atoms with van der Waals surface area (Å²) in [4.78, 5) is 21.5.